The summed E-state index contributed by atoms with van der Waals surface area (Å²) in [5.74, 6) is -0.0282. The molecular weight excluding hydrogens is 330 g/mol. The first kappa shape index (κ1) is 16.8. The lowest BCUT2D eigenvalue weighted by Crippen LogP contribution is -2.40. The molecule has 0 unspecified atom stereocenters. The first-order chi connectivity index (χ1) is 11.5. The number of esters is 1. The van der Waals surface area contributed by atoms with Crippen LogP contribution in [0.4, 0.5) is 0 Å². The zero-order valence-corrected chi connectivity index (χ0v) is 14.6. The summed E-state index contributed by atoms with van der Waals surface area (Å²) < 4.78 is 10.7. The van der Waals surface area contributed by atoms with Gasteiger partial charge >= 0.3 is 5.97 Å². The number of carbonyl (C=O) groups is 2. The van der Waals surface area contributed by atoms with Crippen molar-refractivity contribution >= 4 is 34.4 Å². The van der Waals surface area contributed by atoms with Crippen molar-refractivity contribution in [2.45, 2.75) is 26.7 Å². The van der Waals surface area contributed by atoms with Gasteiger partial charge in [0.1, 0.15) is 5.58 Å². The Bertz CT molecular complexity index is 775. The van der Waals surface area contributed by atoms with E-state index in [2.05, 4.69) is 6.92 Å². The van der Waals surface area contributed by atoms with Gasteiger partial charge in [0.2, 0.25) is 5.76 Å². The molecule has 1 amide bonds. The van der Waals surface area contributed by atoms with Crippen LogP contribution in [0, 0.1) is 12.8 Å². The molecule has 3 rings (SSSR count). The van der Waals surface area contributed by atoms with Crippen molar-refractivity contribution in [2.24, 2.45) is 5.92 Å². The lowest BCUT2D eigenvalue weighted by atomic mass is 9.99. The zero-order valence-electron chi connectivity index (χ0n) is 13.8. The SMILES string of the molecule is Cc1c(C(=O)OCC(=O)N2CCC(C)CC2)oc2ccc(Cl)cc12. The Morgan fingerprint density at radius 1 is 1.33 bits per heavy atom. The summed E-state index contributed by atoms with van der Waals surface area (Å²) >= 11 is 5.97. The lowest BCUT2D eigenvalue weighted by Gasteiger charge is -2.30. The molecule has 1 aliphatic rings. The number of hydrogen-bond donors (Lipinski definition) is 0. The highest BCUT2D eigenvalue weighted by molar-refractivity contribution is 6.31. The van der Waals surface area contributed by atoms with E-state index in [1.165, 1.54) is 0 Å². The maximum atomic E-state index is 12.2. The fourth-order valence-electron chi connectivity index (χ4n) is 2.93. The number of ether oxygens (including phenoxy) is 1. The number of rotatable bonds is 3. The second-order valence-electron chi connectivity index (χ2n) is 6.34. The van der Waals surface area contributed by atoms with Gasteiger partial charge in [-0.05, 0) is 43.9 Å². The van der Waals surface area contributed by atoms with Gasteiger partial charge in [-0.3, -0.25) is 4.79 Å². The van der Waals surface area contributed by atoms with Gasteiger partial charge in [-0.25, -0.2) is 4.79 Å². The molecule has 1 saturated heterocycles. The first-order valence-corrected chi connectivity index (χ1v) is 8.47. The maximum Gasteiger partial charge on any atom is 0.375 e. The van der Waals surface area contributed by atoms with E-state index >= 15 is 0 Å². The van der Waals surface area contributed by atoms with Crippen molar-refractivity contribution in [3.63, 3.8) is 0 Å². The van der Waals surface area contributed by atoms with Crippen LogP contribution in [0.15, 0.2) is 22.6 Å². The van der Waals surface area contributed by atoms with Gasteiger partial charge in [-0.15, -0.1) is 0 Å². The van der Waals surface area contributed by atoms with E-state index in [1.54, 1.807) is 30.0 Å². The summed E-state index contributed by atoms with van der Waals surface area (Å²) in [7, 11) is 0. The van der Waals surface area contributed by atoms with Crippen LogP contribution in [-0.4, -0.2) is 36.5 Å². The number of hydrogen-bond acceptors (Lipinski definition) is 4. The molecule has 6 heteroatoms. The van der Waals surface area contributed by atoms with Crippen LogP contribution >= 0.6 is 11.6 Å². The molecule has 0 radical (unpaired) electrons. The molecule has 0 bridgehead atoms. The van der Waals surface area contributed by atoms with E-state index in [1.807, 2.05) is 0 Å². The second-order valence-corrected chi connectivity index (χ2v) is 6.77. The number of nitrogens with zero attached hydrogens (tertiary/aromatic N) is 1. The van der Waals surface area contributed by atoms with Crippen LogP contribution in [0.3, 0.4) is 0 Å². The molecule has 0 saturated carbocycles. The van der Waals surface area contributed by atoms with Crippen LogP contribution < -0.4 is 0 Å². The highest BCUT2D eigenvalue weighted by Gasteiger charge is 2.24. The maximum absolute atomic E-state index is 12.2. The molecule has 0 aliphatic carbocycles. The van der Waals surface area contributed by atoms with Crippen molar-refractivity contribution < 1.29 is 18.7 Å². The van der Waals surface area contributed by atoms with Crippen LogP contribution in [0.2, 0.25) is 5.02 Å². The molecule has 1 aromatic carbocycles. The number of benzene rings is 1. The Morgan fingerprint density at radius 2 is 2.04 bits per heavy atom. The van der Waals surface area contributed by atoms with Crippen molar-refractivity contribution in [3.8, 4) is 0 Å². The Kier molecular flexibility index (Phi) is 4.81. The minimum Gasteiger partial charge on any atom is -0.450 e. The fourth-order valence-corrected chi connectivity index (χ4v) is 3.10. The van der Waals surface area contributed by atoms with E-state index < -0.39 is 5.97 Å². The Balaban J connectivity index is 1.65. The number of likely N-dealkylation sites (tertiary alicyclic amines) is 1. The molecule has 5 nitrogen and oxygen atoms in total. The molecule has 1 aromatic heterocycles. The van der Waals surface area contributed by atoms with Crippen LogP contribution in [0.25, 0.3) is 11.0 Å². The number of carbonyl (C=O) groups excluding carboxylic acids is 2. The van der Waals surface area contributed by atoms with Crippen LogP contribution in [-0.2, 0) is 9.53 Å². The first-order valence-electron chi connectivity index (χ1n) is 8.09. The largest absolute Gasteiger partial charge is 0.450 e. The third-order valence-electron chi connectivity index (χ3n) is 4.55. The van der Waals surface area contributed by atoms with Gasteiger partial charge < -0.3 is 14.1 Å². The molecule has 2 aromatic rings. The normalized spacial score (nSPS) is 15.7. The summed E-state index contributed by atoms with van der Waals surface area (Å²) in [5, 5.41) is 1.34. The molecule has 1 aliphatic heterocycles. The zero-order chi connectivity index (χ0) is 17.3. The molecule has 0 spiro atoms. The van der Waals surface area contributed by atoms with E-state index in [9.17, 15) is 9.59 Å². The summed E-state index contributed by atoms with van der Waals surface area (Å²) in [6.07, 6.45) is 1.98. The number of piperidine rings is 1. The quantitative estimate of drug-likeness (QED) is 0.790. The lowest BCUT2D eigenvalue weighted by molar-refractivity contribution is -0.135. The number of aryl methyl sites for hydroxylation is 1. The summed E-state index contributed by atoms with van der Waals surface area (Å²) in [6, 6.07) is 5.15. The number of furan rings is 1. The smallest absolute Gasteiger partial charge is 0.375 e. The fraction of sp³-hybridized carbons (Fsp3) is 0.444. The van der Waals surface area contributed by atoms with E-state index in [-0.39, 0.29) is 18.3 Å². The predicted molar refractivity (Wildman–Crippen MR) is 91.2 cm³/mol. The second kappa shape index (κ2) is 6.85. The van der Waals surface area contributed by atoms with Crippen LogP contribution in [0.5, 0.6) is 0 Å². The third kappa shape index (κ3) is 3.41. The Labute approximate surface area is 145 Å². The summed E-state index contributed by atoms with van der Waals surface area (Å²) in [4.78, 5) is 26.1. The monoisotopic (exact) mass is 349 g/mol. The molecule has 1 fully saturated rings. The number of fused-ring (bicyclic) bond motifs is 1. The van der Waals surface area contributed by atoms with Crippen LogP contribution in [0.1, 0.15) is 35.9 Å². The highest BCUT2D eigenvalue weighted by atomic mass is 35.5. The molecule has 2 heterocycles. The Morgan fingerprint density at radius 3 is 2.75 bits per heavy atom. The third-order valence-corrected chi connectivity index (χ3v) is 4.78. The van der Waals surface area contributed by atoms with Gasteiger partial charge in [0.05, 0.1) is 0 Å². The van der Waals surface area contributed by atoms with Gasteiger partial charge in [0.25, 0.3) is 5.91 Å². The van der Waals surface area contributed by atoms with Gasteiger partial charge in [-0.2, -0.15) is 0 Å². The summed E-state index contributed by atoms with van der Waals surface area (Å²) in [6.45, 7) is 5.13. The van der Waals surface area contributed by atoms with Gasteiger partial charge in [-0.1, -0.05) is 18.5 Å². The number of halogens is 1. The van der Waals surface area contributed by atoms with Crippen molar-refractivity contribution in [1.82, 2.24) is 4.90 Å². The highest BCUT2D eigenvalue weighted by Crippen LogP contribution is 2.28. The topological polar surface area (TPSA) is 59.8 Å². The number of amides is 1. The Hall–Kier alpha value is -2.01. The van der Waals surface area contributed by atoms with Gasteiger partial charge in [0, 0.05) is 29.1 Å². The average Bonchev–Trinajstić information content (AvgIpc) is 2.89. The van der Waals surface area contributed by atoms with Crippen molar-refractivity contribution in [3.05, 3.63) is 34.5 Å². The standard InChI is InChI=1S/C18H20ClNO4/c1-11-5-7-20(8-6-11)16(21)10-23-18(22)17-12(2)14-9-13(19)3-4-15(14)24-17/h3-4,9,11H,5-8,10H2,1-2H3. The predicted octanol–water partition coefficient (Wildman–Crippen LogP) is 3.81. The molecule has 128 valence electrons. The minimum atomic E-state index is -0.626. The van der Waals surface area contributed by atoms with Crippen molar-refractivity contribution in [1.29, 1.82) is 0 Å². The molecule has 0 atom stereocenters. The molecular formula is C18H20ClNO4. The summed E-state index contributed by atoms with van der Waals surface area (Å²) in [5.41, 5.74) is 1.23. The van der Waals surface area contributed by atoms with Crippen molar-refractivity contribution in [2.75, 3.05) is 19.7 Å². The molecule has 0 N–H and O–H groups in total. The van der Waals surface area contributed by atoms with E-state index in [0.717, 1.165) is 31.3 Å². The molecule has 24 heavy (non-hydrogen) atoms. The average molecular weight is 350 g/mol. The van der Waals surface area contributed by atoms with E-state index in [4.69, 9.17) is 20.8 Å². The van der Waals surface area contributed by atoms with Gasteiger partial charge in [0.15, 0.2) is 6.61 Å². The van der Waals surface area contributed by atoms with E-state index in [0.29, 0.717) is 22.1 Å². The minimum absolute atomic E-state index is 0.118.